The molecule has 0 radical (unpaired) electrons. The van der Waals surface area contributed by atoms with Crippen molar-refractivity contribution >= 4 is 28.4 Å². The summed E-state index contributed by atoms with van der Waals surface area (Å²) in [7, 11) is 0. The van der Waals surface area contributed by atoms with Crippen LogP contribution in [-0.2, 0) is 0 Å². The molecule has 38 heavy (non-hydrogen) atoms. The van der Waals surface area contributed by atoms with Gasteiger partial charge in [0.2, 0.25) is 0 Å². The maximum absolute atomic E-state index is 6.55. The molecule has 2 heterocycles. The second kappa shape index (κ2) is 9.11. The zero-order valence-electron chi connectivity index (χ0n) is 21.6. The van der Waals surface area contributed by atoms with E-state index in [2.05, 4.69) is 123 Å². The zero-order valence-corrected chi connectivity index (χ0v) is 21.6. The predicted molar refractivity (Wildman–Crippen MR) is 159 cm³/mol. The highest BCUT2D eigenvalue weighted by Gasteiger charge is 2.40. The van der Waals surface area contributed by atoms with Gasteiger partial charge in [0.15, 0.2) is 0 Å². The smallest absolute Gasteiger partial charge is 0.260 e. The highest BCUT2D eigenvalue weighted by molar-refractivity contribution is 6.93. The summed E-state index contributed by atoms with van der Waals surface area (Å²) in [5, 5.41) is 2.44. The quantitative estimate of drug-likeness (QED) is 0.237. The minimum absolute atomic E-state index is 0.0905. The van der Waals surface area contributed by atoms with Gasteiger partial charge in [0.05, 0.1) is 5.76 Å². The summed E-state index contributed by atoms with van der Waals surface area (Å²) >= 11 is 0. The van der Waals surface area contributed by atoms with Crippen molar-refractivity contribution in [2.24, 2.45) is 0 Å². The lowest BCUT2D eigenvalue weighted by Crippen LogP contribution is -2.50. The van der Waals surface area contributed by atoms with Crippen molar-refractivity contribution in [3.05, 3.63) is 127 Å². The molecule has 0 unspecified atom stereocenters. The fourth-order valence-electron chi connectivity index (χ4n) is 5.92. The maximum atomic E-state index is 6.55. The zero-order chi connectivity index (χ0) is 25.6. The summed E-state index contributed by atoms with van der Waals surface area (Å²) in [5.74, 6) is 3.59. The van der Waals surface area contributed by atoms with Gasteiger partial charge in [-0.15, -0.1) is 0 Å². The SMILES string of the molecule is CC/C=C\C1=C(C)Oc2cc(-c3ccc(-c4ccccc4)c4ccccc34)cc3c2B1c1ccccc1O3. The predicted octanol–water partition coefficient (Wildman–Crippen LogP) is 8.06. The van der Waals surface area contributed by atoms with Gasteiger partial charge in [-0.3, -0.25) is 0 Å². The Bertz CT molecular complexity index is 1760. The second-order valence-corrected chi connectivity index (χ2v) is 9.96. The molecule has 0 N–H and O–H groups in total. The second-order valence-electron chi connectivity index (χ2n) is 9.96. The van der Waals surface area contributed by atoms with Crippen molar-refractivity contribution in [3.8, 4) is 39.5 Å². The molecule has 5 aromatic rings. The van der Waals surface area contributed by atoms with Gasteiger partial charge in [0.1, 0.15) is 17.2 Å². The van der Waals surface area contributed by atoms with Gasteiger partial charge in [0, 0.05) is 5.46 Å². The fraction of sp³-hybridized carbons (Fsp3) is 0.0857. The largest absolute Gasteiger partial charge is 0.463 e. The van der Waals surface area contributed by atoms with Crippen LogP contribution in [0.5, 0.6) is 17.2 Å². The molecule has 0 saturated carbocycles. The van der Waals surface area contributed by atoms with Crippen LogP contribution in [-0.4, -0.2) is 6.71 Å². The Morgan fingerprint density at radius 2 is 1.29 bits per heavy atom. The van der Waals surface area contributed by atoms with E-state index in [9.17, 15) is 0 Å². The average Bonchev–Trinajstić information content (AvgIpc) is 2.96. The molecule has 0 saturated heterocycles. The third-order valence-corrected chi connectivity index (χ3v) is 7.68. The van der Waals surface area contributed by atoms with Crippen LogP contribution in [0, 0.1) is 0 Å². The van der Waals surface area contributed by atoms with Gasteiger partial charge in [-0.25, -0.2) is 0 Å². The van der Waals surface area contributed by atoms with E-state index >= 15 is 0 Å². The van der Waals surface area contributed by atoms with Gasteiger partial charge in [-0.05, 0) is 75.5 Å². The molecule has 182 valence electrons. The van der Waals surface area contributed by atoms with Crippen LogP contribution >= 0.6 is 0 Å². The molecule has 0 aromatic heterocycles. The summed E-state index contributed by atoms with van der Waals surface area (Å²) in [4.78, 5) is 0. The molecule has 2 aliphatic rings. The van der Waals surface area contributed by atoms with E-state index in [1.165, 1.54) is 38.4 Å². The third kappa shape index (κ3) is 3.58. The van der Waals surface area contributed by atoms with Gasteiger partial charge < -0.3 is 9.47 Å². The van der Waals surface area contributed by atoms with Crippen LogP contribution in [0.4, 0.5) is 0 Å². The first-order valence-corrected chi connectivity index (χ1v) is 13.3. The topological polar surface area (TPSA) is 18.5 Å². The molecule has 0 aliphatic carbocycles. The van der Waals surface area contributed by atoms with Gasteiger partial charge in [0.25, 0.3) is 6.71 Å². The van der Waals surface area contributed by atoms with Crippen molar-refractivity contribution < 1.29 is 9.47 Å². The molecule has 5 aromatic carbocycles. The van der Waals surface area contributed by atoms with Crippen LogP contribution in [0.25, 0.3) is 33.0 Å². The number of para-hydroxylation sites is 1. The summed E-state index contributed by atoms with van der Waals surface area (Å²) < 4.78 is 13.1. The summed E-state index contributed by atoms with van der Waals surface area (Å²) in [6, 6.07) is 36.5. The highest BCUT2D eigenvalue weighted by Crippen LogP contribution is 2.41. The van der Waals surface area contributed by atoms with Crippen molar-refractivity contribution in [2.45, 2.75) is 20.3 Å². The Hall–Kier alpha value is -4.50. The average molecular weight is 490 g/mol. The molecular formula is C35H27BO2. The summed E-state index contributed by atoms with van der Waals surface area (Å²) in [5.41, 5.74) is 8.20. The summed E-state index contributed by atoms with van der Waals surface area (Å²) in [6.07, 6.45) is 5.41. The van der Waals surface area contributed by atoms with E-state index in [4.69, 9.17) is 9.47 Å². The lowest BCUT2D eigenvalue weighted by Gasteiger charge is -2.33. The fourth-order valence-corrected chi connectivity index (χ4v) is 5.92. The van der Waals surface area contributed by atoms with Crippen LogP contribution in [0.3, 0.4) is 0 Å². The maximum Gasteiger partial charge on any atom is 0.260 e. The van der Waals surface area contributed by atoms with E-state index < -0.39 is 0 Å². The number of allylic oxidation sites excluding steroid dienone is 4. The Balaban J connectivity index is 1.44. The minimum Gasteiger partial charge on any atom is -0.463 e. The van der Waals surface area contributed by atoms with Crippen LogP contribution in [0.2, 0.25) is 0 Å². The van der Waals surface area contributed by atoms with Crippen molar-refractivity contribution in [1.82, 2.24) is 0 Å². The Morgan fingerprint density at radius 3 is 2.03 bits per heavy atom. The van der Waals surface area contributed by atoms with Crippen molar-refractivity contribution in [1.29, 1.82) is 0 Å². The van der Waals surface area contributed by atoms with E-state index in [-0.39, 0.29) is 6.71 Å². The Labute approximate surface area is 223 Å². The van der Waals surface area contributed by atoms with Crippen LogP contribution in [0.1, 0.15) is 20.3 Å². The number of hydrogen-bond donors (Lipinski definition) is 0. The first-order chi connectivity index (χ1) is 18.7. The number of fused-ring (bicyclic) bond motifs is 3. The summed E-state index contributed by atoms with van der Waals surface area (Å²) in [6.45, 7) is 4.33. The van der Waals surface area contributed by atoms with Crippen LogP contribution in [0.15, 0.2) is 127 Å². The molecule has 0 bridgehead atoms. The number of benzene rings is 5. The lowest BCUT2D eigenvalue weighted by molar-refractivity contribution is 0.419. The first-order valence-electron chi connectivity index (χ1n) is 13.3. The normalized spacial score (nSPS) is 13.8. The van der Waals surface area contributed by atoms with Crippen molar-refractivity contribution in [2.75, 3.05) is 0 Å². The van der Waals surface area contributed by atoms with Gasteiger partial charge >= 0.3 is 0 Å². The molecule has 0 atom stereocenters. The number of rotatable bonds is 4. The van der Waals surface area contributed by atoms with E-state index in [0.717, 1.165) is 40.5 Å². The van der Waals surface area contributed by atoms with Crippen molar-refractivity contribution in [3.63, 3.8) is 0 Å². The molecule has 0 spiro atoms. The van der Waals surface area contributed by atoms with Gasteiger partial charge in [-0.1, -0.05) is 104 Å². The Kier molecular flexibility index (Phi) is 5.44. The lowest BCUT2D eigenvalue weighted by atomic mass is 9.34. The molecule has 2 nitrogen and oxygen atoms in total. The molecule has 0 amide bonds. The molecule has 0 fully saturated rings. The molecule has 3 heteroatoms. The van der Waals surface area contributed by atoms with Crippen LogP contribution < -0.4 is 20.4 Å². The standard InChI is InChI=1S/C35H27BO2/c1-3-4-16-30-23(2)37-33-21-25(22-34-35(33)36(30)31-17-10-11-18-32(31)38-34)27-20-19-26(24-12-6-5-7-13-24)28-14-8-9-15-29(27)28/h4-22H,3H2,1-2H3/b16-4-. The van der Waals surface area contributed by atoms with E-state index in [1.54, 1.807) is 0 Å². The highest BCUT2D eigenvalue weighted by atomic mass is 16.5. The van der Waals surface area contributed by atoms with Gasteiger partial charge in [-0.2, -0.15) is 0 Å². The molecule has 7 rings (SSSR count). The third-order valence-electron chi connectivity index (χ3n) is 7.68. The first kappa shape index (κ1) is 22.7. The van der Waals surface area contributed by atoms with E-state index in [0.29, 0.717) is 0 Å². The number of hydrogen-bond acceptors (Lipinski definition) is 2. The minimum atomic E-state index is 0.0905. The molecule has 2 aliphatic heterocycles. The Morgan fingerprint density at radius 1 is 0.658 bits per heavy atom. The molecular weight excluding hydrogens is 463 g/mol. The van der Waals surface area contributed by atoms with E-state index in [1.807, 2.05) is 6.07 Å². The monoisotopic (exact) mass is 490 g/mol. The number of ether oxygens (including phenoxy) is 2.